The van der Waals surface area contributed by atoms with Gasteiger partial charge in [-0.1, -0.05) is 11.6 Å². The minimum absolute atomic E-state index is 0.0999. The Labute approximate surface area is 126 Å². The second kappa shape index (κ2) is 6.59. The van der Waals surface area contributed by atoms with Crippen LogP contribution in [-0.4, -0.2) is 36.0 Å². The minimum Gasteiger partial charge on any atom is -0.335 e. The Bertz CT molecular complexity index is 481. The standard InChI is InChI=1S/C16H23ClN2O/c1-11(2)19(10-14-5-4-8-18-14)16(20)15-7-6-13(17)9-12(15)3/h6-7,9,11,14,18H,4-5,8,10H2,1-3H3. The van der Waals surface area contributed by atoms with Gasteiger partial charge in [-0.2, -0.15) is 0 Å². The summed E-state index contributed by atoms with van der Waals surface area (Å²) in [5, 5.41) is 4.13. The van der Waals surface area contributed by atoms with Gasteiger partial charge in [-0.05, 0) is 63.9 Å². The normalized spacial score (nSPS) is 18.6. The average Bonchev–Trinajstić information content (AvgIpc) is 2.87. The summed E-state index contributed by atoms with van der Waals surface area (Å²) in [7, 11) is 0. The molecule has 1 amide bonds. The Hall–Kier alpha value is -1.06. The average molecular weight is 295 g/mol. The van der Waals surface area contributed by atoms with Crippen molar-refractivity contribution in [2.24, 2.45) is 0 Å². The van der Waals surface area contributed by atoms with Crippen molar-refractivity contribution in [1.82, 2.24) is 10.2 Å². The monoisotopic (exact) mass is 294 g/mol. The Morgan fingerprint density at radius 1 is 1.50 bits per heavy atom. The molecule has 1 aliphatic heterocycles. The molecule has 0 aromatic heterocycles. The van der Waals surface area contributed by atoms with Gasteiger partial charge in [0.2, 0.25) is 0 Å². The molecule has 0 saturated carbocycles. The number of rotatable bonds is 4. The summed E-state index contributed by atoms with van der Waals surface area (Å²) in [5.41, 5.74) is 1.69. The van der Waals surface area contributed by atoms with Gasteiger partial charge in [-0.3, -0.25) is 4.79 Å². The second-order valence-corrected chi connectivity index (χ2v) is 6.24. The summed E-state index contributed by atoms with van der Waals surface area (Å²) in [6, 6.07) is 6.08. The smallest absolute Gasteiger partial charge is 0.254 e. The van der Waals surface area contributed by atoms with Crippen molar-refractivity contribution in [3.8, 4) is 0 Å². The third-order valence-corrected chi connectivity index (χ3v) is 4.12. The van der Waals surface area contributed by atoms with E-state index in [1.165, 1.54) is 6.42 Å². The van der Waals surface area contributed by atoms with Crippen LogP contribution >= 0.6 is 11.6 Å². The number of halogens is 1. The molecule has 110 valence electrons. The van der Waals surface area contributed by atoms with Crippen molar-refractivity contribution < 1.29 is 4.79 Å². The van der Waals surface area contributed by atoms with Crippen LogP contribution < -0.4 is 5.32 Å². The number of aryl methyl sites for hydroxylation is 1. The van der Waals surface area contributed by atoms with E-state index >= 15 is 0 Å². The number of hydrogen-bond acceptors (Lipinski definition) is 2. The number of nitrogens with zero attached hydrogens (tertiary/aromatic N) is 1. The quantitative estimate of drug-likeness (QED) is 0.924. The molecular weight excluding hydrogens is 272 g/mol. The summed E-state index contributed by atoms with van der Waals surface area (Å²) in [6.45, 7) is 7.91. The third-order valence-electron chi connectivity index (χ3n) is 3.88. The largest absolute Gasteiger partial charge is 0.335 e. The molecule has 3 nitrogen and oxygen atoms in total. The molecule has 1 fully saturated rings. The number of amides is 1. The van der Waals surface area contributed by atoms with Gasteiger partial charge >= 0.3 is 0 Å². The molecule has 1 unspecified atom stereocenters. The maximum Gasteiger partial charge on any atom is 0.254 e. The highest BCUT2D eigenvalue weighted by atomic mass is 35.5. The molecular formula is C16H23ClN2O. The SMILES string of the molecule is Cc1cc(Cl)ccc1C(=O)N(CC1CCCN1)C(C)C. The summed E-state index contributed by atoms with van der Waals surface area (Å²) < 4.78 is 0. The zero-order chi connectivity index (χ0) is 14.7. The molecule has 0 radical (unpaired) electrons. The molecule has 1 aromatic carbocycles. The third kappa shape index (κ3) is 3.53. The fourth-order valence-corrected chi connectivity index (χ4v) is 2.93. The molecule has 0 aliphatic carbocycles. The predicted molar refractivity (Wildman–Crippen MR) is 83.4 cm³/mol. The van der Waals surface area contributed by atoms with Gasteiger partial charge in [0, 0.05) is 29.2 Å². The van der Waals surface area contributed by atoms with Crippen molar-refractivity contribution >= 4 is 17.5 Å². The Morgan fingerprint density at radius 3 is 2.80 bits per heavy atom. The van der Waals surface area contributed by atoms with E-state index in [-0.39, 0.29) is 11.9 Å². The summed E-state index contributed by atoms with van der Waals surface area (Å²) in [4.78, 5) is 14.7. The first-order chi connectivity index (χ1) is 9.49. The van der Waals surface area contributed by atoms with E-state index < -0.39 is 0 Å². The van der Waals surface area contributed by atoms with Crippen LogP contribution in [0.4, 0.5) is 0 Å². The Morgan fingerprint density at radius 2 is 2.25 bits per heavy atom. The number of hydrogen-bond donors (Lipinski definition) is 1. The van der Waals surface area contributed by atoms with Gasteiger partial charge in [0.25, 0.3) is 5.91 Å². The summed E-state index contributed by atoms with van der Waals surface area (Å²) >= 11 is 5.97. The molecule has 1 aromatic rings. The van der Waals surface area contributed by atoms with Gasteiger partial charge in [0.15, 0.2) is 0 Å². The maximum atomic E-state index is 12.8. The molecule has 2 rings (SSSR count). The number of benzene rings is 1. The topological polar surface area (TPSA) is 32.3 Å². The minimum atomic E-state index is 0.0999. The number of nitrogens with one attached hydrogen (secondary N) is 1. The van der Waals surface area contributed by atoms with Crippen LogP contribution in [0.3, 0.4) is 0 Å². The lowest BCUT2D eigenvalue weighted by Crippen LogP contribution is -2.45. The first-order valence-corrected chi connectivity index (χ1v) is 7.67. The van der Waals surface area contributed by atoms with Crippen LogP contribution in [-0.2, 0) is 0 Å². The maximum absolute atomic E-state index is 12.8. The lowest BCUT2D eigenvalue weighted by atomic mass is 10.1. The zero-order valence-electron chi connectivity index (χ0n) is 12.4. The lowest BCUT2D eigenvalue weighted by Gasteiger charge is -2.30. The highest BCUT2D eigenvalue weighted by Crippen LogP contribution is 2.19. The first-order valence-electron chi connectivity index (χ1n) is 7.29. The van der Waals surface area contributed by atoms with Crippen LogP contribution in [0, 0.1) is 6.92 Å². The van der Waals surface area contributed by atoms with E-state index in [9.17, 15) is 4.79 Å². The Kier molecular flexibility index (Phi) is 5.06. The summed E-state index contributed by atoms with van der Waals surface area (Å²) in [6.07, 6.45) is 2.35. The van der Waals surface area contributed by atoms with E-state index in [4.69, 9.17) is 11.6 Å². The van der Waals surface area contributed by atoms with Crippen molar-refractivity contribution in [2.45, 2.75) is 45.7 Å². The highest BCUT2D eigenvalue weighted by Gasteiger charge is 2.25. The van der Waals surface area contributed by atoms with Crippen molar-refractivity contribution in [3.05, 3.63) is 34.3 Å². The molecule has 1 N–H and O–H groups in total. The highest BCUT2D eigenvalue weighted by molar-refractivity contribution is 6.30. The van der Waals surface area contributed by atoms with Crippen molar-refractivity contribution in [3.63, 3.8) is 0 Å². The molecule has 1 heterocycles. The number of carbonyl (C=O) groups excluding carboxylic acids is 1. The van der Waals surface area contributed by atoms with Crippen LogP contribution in [0.5, 0.6) is 0 Å². The molecule has 20 heavy (non-hydrogen) atoms. The first kappa shape index (κ1) is 15.3. The fourth-order valence-electron chi connectivity index (χ4n) is 2.70. The van der Waals surface area contributed by atoms with Crippen molar-refractivity contribution in [2.75, 3.05) is 13.1 Å². The van der Waals surface area contributed by atoms with Crippen LogP contribution in [0.25, 0.3) is 0 Å². The van der Waals surface area contributed by atoms with Gasteiger partial charge in [0.05, 0.1) is 0 Å². The van der Waals surface area contributed by atoms with E-state index in [1.807, 2.05) is 24.0 Å². The van der Waals surface area contributed by atoms with Gasteiger partial charge in [0.1, 0.15) is 0 Å². The van der Waals surface area contributed by atoms with Gasteiger partial charge < -0.3 is 10.2 Å². The molecule has 1 aliphatic rings. The second-order valence-electron chi connectivity index (χ2n) is 5.80. The predicted octanol–water partition coefficient (Wildman–Crippen LogP) is 3.25. The molecule has 1 saturated heterocycles. The molecule has 1 atom stereocenters. The van der Waals surface area contributed by atoms with E-state index in [1.54, 1.807) is 6.07 Å². The molecule has 0 bridgehead atoms. The summed E-state index contributed by atoms with van der Waals surface area (Å²) in [5.74, 6) is 0.0999. The molecule has 4 heteroatoms. The lowest BCUT2D eigenvalue weighted by molar-refractivity contribution is 0.0688. The fraction of sp³-hybridized carbons (Fsp3) is 0.562. The zero-order valence-corrected chi connectivity index (χ0v) is 13.2. The number of carbonyl (C=O) groups is 1. The van der Waals surface area contributed by atoms with Crippen molar-refractivity contribution in [1.29, 1.82) is 0 Å². The van der Waals surface area contributed by atoms with Crippen LogP contribution in [0.15, 0.2) is 18.2 Å². The van der Waals surface area contributed by atoms with E-state index in [2.05, 4.69) is 19.2 Å². The molecule has 0 spiro atoms. The van der Waals surface area contributed by atoms with Gasteiger partial charge in [-0.15, -0.1) is 0 Å². The Balaban J connectivity index is 2.17. The van der Waals surface area contributed by atoms with Crippen LogP contribution in [0.1, 0.15) is 42.6 Å². The van der Waals surface area contributed by atoms with E-state index in [0.717, 1.165) is 30.6 Å². The van der Waals surface area contributed by atoms with Gasteiger partial charge in [-0.25, -0.2) is 0 Å². The van der Waals surface area contributed by atoms with Crippen LogP contribution in [0.2, 0.25) is 5.02 Å². The van der Waals surface area contributed by atoms with E-state index in [0.29, 0.717) is 11.1 Å².